The lowest BCUT2D eigenvalue weighted by Crippen LogP contribution is -2.08. The second-order valence-electron chi connectivity index (χ2n) is 3.98. The number of halogens is 1. The van der Waals surface area contributed by atoms with Crippen LogP contribution >= 0.6 is 15.9 Å². The zero-order valence-corrected chi connectivity index (χ0v) is 12.3. The van der Waals surface area contributed by atoms with E-state index in [0.717, 1.165) is 10.0 Å². The zero-order valence-electron chi connectivity index (χ0n) is 10.8. The first kappa shape index (κ1) is 14.6. The molecular weight excluding hydrogens is 328 g/mol. The van der Waals surface area contributed by atoms with E-state index in [4.69, 9.17) is 19.0 Å². The second kappa shape index (κ2) is 6.58. The maximum Gasteiger partial charge on any atom is 0.227 e. The van der Waals surface area contributed by atoms with E-state index >= 15 is 0 Å². The van der Waals surface area contributed by atoms with Gasteiger partial charge in [-0.05, 0) is 18.2 Å². The predicted octanol–water partition coefficient (Wildman–Crippen LogP) is 2.48. The lowest BCUT2D eigenvalue weighted by atomic mass is 10.2. The van der Waals surface area contributed by atoms with Crippen LogP contribution < -0.4 is 14.9 Å². The van der Waals surface area contributed by atoms with Crippen LogP contribution in [0.2, 0.25) is 0 Å². The van der Waals surface area contributed by atoms with Gasteiger partial charge in [0.1, 0.15) is 31.0 Å². The summed E-state index contributed by atoms with van der Waals surface area (Å²) in [5, 5.41) is 8.86. The minimum absolute atomic E-state index is 0.0944. The van der Waals surface area contributed by atoms with Crippen molar-refractivity contribution < 1.29 is 19.0 Å². The summed E-state index contributed by atoms with van der Waals surface area (Å²) in [7, 11) is 1.58. The standard InChI is InChI=1S/C14H13BrO5/c1-18-10-2-3-12(15)9(4-10)7-20-14-8-19-11(6-16)5-13(14)17/h2-5,8,16H,6-7H2,1H3. The molecule has 0 bridgehead atoms. The lowest BCUT2D eigenvalue weighted by Gasteiger charge is -2.09. The molecule has 0 amide bonds. The molecular formula is C14H13BrO5. The van der Waals surface area contributed by atoms with E-state index in [1.807, 2.05) is 18.2 Å². The molecule has 106 valence electrons. The molecule has 0 aliphatic carbocycles. The first-order valence-electron chi connectivity index (χ1n) is 5.82. The van der Waals surface area contributed by atoms with Crippen LogP contribution in [-0.2, 0) is 13.2 Å². The summed E-state index contributed by atoms with van der Waals surface area (Å²) >= 11 is 3.40. The third kappa shape index (κ3) is 3.40. The number of aliphatic hydroxyl groups is 1. The number of methoxy groups -OCH3 is 1. The van der Waals surface area contributed by atoms with E-state index in [9.17, 15) is 4.79 Å². The van der Waals surface area contributed by atoms with Gasteiger partial charge in [0.25, 0.3) is 0 Å². The zero-order chi connectivity index (χ0) is 14.5. The Morgan fingerprint density at radius 1 is 1.35 bits per heavy atom. The fraction of sp³-hybridized carbons (Fsp3) is 0.214. The average Bonchev–Trinajstić information content (AvgIpc) is 2.47. The van der Waals surface area contributed by atoms with E-state index in [1.54, 1.807) is 7.11 Å². The van der Waals surface area contributed by atoms with E-state index < -0.39 is 0 Å². The molecule has 0 spiro atoms. The highest BCUT2D eigenvalue weighted by atomic mass is 79.9. The van der Waals surface area contributed by atoms with Crippen molar-refractivity contribution in [3.8, 4) is 11.5 Å². The minimum Gasteiger partial charge on any atom is -0.497 e. The molecule has 2 aromatic rings. The Bertz CT molecular complexity index is 650. The molecule has 20 heavy (non-hydrogen) atoms. The number of hydrogen-bond acceptors (Lipinski definition) is 5. The quantitative estimate of drug-likeness (QED) is 0.905. The summed E-state index contributed by atoms with van der Waals surface area (Å²) in [4.78, 5) is 11.7. The van der Waals surface area contributed by atoms with Gasteiger partial charge in [0.2, 0.25) is 11.2 Å². The Hall–Kier alpha value is -1.79. The molecule has 1 aromatic heterocycles. The van der Waals surface area contributed by atoms with Crippen LogP contribution in [0.3, 0.4) is 0 Å². The van der Waals surface area contributed by atoms with Crippen molar-refractivity contribution in [2.45, 2.75) is 13.2 Å². The van der Waals surface area contributed by atoms with Crippen LogP contribution in [0.1, 0.15) is 11.3 Å². The summed E-state index contributed by atoms with van der Waals surface area (Å²) in [5.74, 6) is 0.997. The van der Waals surface area contributed by atoms with E-state index in [0.29, 0.717) is 5.75 Å². The first-order chi connectivity index (χ1) is 9.63. The Balaban J connectivity index is 2.14. The van der Waals surface area contributed by atoms with E-state index in [1.165, 1.54) is 12.3 Å². The molecule has 1 aromatic carbocycles. The smallest absolute Gasteiger partial charge is 0.227 e. The summed E-state index contributed by atoms with van der Waals surface area (Å²) in [5.41, 5.74) is 0.509. The Morgan fingerprint density at radius 2 is 2.15 bits per heavy atom. The Kier molecular flexibility index (Phi) is 4.81. The van der Waals surface area contributed by atoms with Crippen molar-refractivity contribution in [1.29, 1.82) is 0 Å². The van der Waals surface area contributed by atoms with Crippen molar-refractivity contribution >= 4 is 15.9 Å². The Morgan fingerprint density at radius 3 is 2.80 bits per heavy atom. The van der Waals surface area contributed by atoms with Crippen molar-refractivity contribution in [2.24, 2.45) is 0 Å². The molecule has 0 unspecified atom stereocenters. The van der Waals surface area contributed by atoms with Crippen molar-refractivity contribution in [1.82, 2.24) is 0 Å². The maximum absolute atomic E-state index is 11.7. The molecule has 0 atom stereocenters. The molecule has 0 fully saturated rings. The minimum atomic E-state index is -0.334. The van der Waals surface area contributed by atoms with Gasteiger partial charge in [0.15, 0.2) is 0 Å². The fourth-order valence-electron chi connectivity index (χ4n) is 1.57. The molecule has 1 heterocycles. The van der Waals surface area contributed by atoms with Gasteiger partial charge in [0.05, 0.1) is 7.11 Å². The summed E-state index contributed by atoms with van der Waals surface area (Å²) < 4.78 is 16.5. The van der Waals surface area contributed by atoms with Gasteiger partial charge in [-0.1, -0.05) is 15.9 Å². The van der Waals surface area contributed by atoms with Gasteiger partial charge in [0, 0.05) is 16.1 Å². The molecule has 0 saturated heterocycles. The highest BCUT2D eigenvalue weighted by Gasteiger charge is 2.07. The summed E-state index contributed by atoms with van der Waals surface area (Å²) in [6, 6.07) is 6.68. The van der Waals surface area contributed by atoms with Crippen LogP contribution in [0, 0.1) is 0 Å². The largest absolute Gasteiger partial charge is 0.497 e. The number of benzene rings is 1. The maximum atomic E-state index is 11.7. The van der Waals surface area contributed by atoms with Gasteiger partial charge in [-0.3, -0.25) is 4.79 Å². The molecule has 0 saturated carbocycles. The second-order valence-corrected chi connectivity index (χ2v) is 4.83. The van der Waals surface area contributed by atoms with Crippen molar-refractivity contribution in [2.75, 3.05) is 7.11 Å². The van der Waals surface area contributed by atoms with Crippen LogP contribution in [0.5, 0.6) is 11.5 Å². The van der Waals surface area contributed by atoms with Gasteiger partial charge < -0.3 is 19.0 Å². The molecule has 0 aliphatic heterocycles. The number of hydrogen-bond donors (Lipinski definition) is 1. The average molecular weight is 341 g/mol. The fourth-order valence-corrected chi connectivity index (χ4v) is 1.93. The van der Waals surface area contributed by atoms with E-state index in [2.05, 4.69) is 15.9 Å². The molecule has 0 aliphatic rings. The topological polar surface area (TPSA) is 68.9 Å². The lowest BCUT2D eigenvalue weighted by molar-refractivity contribution is 0.236. The molecule has 1 N–H and O–H groups in total. The summed E-state index contributed by atoms with van der Waals surface area (Å²) in [6.07, 6.45) is 1.20. The summed E-state index contributed by atoms with van der Waals surface area (Å²) in [6.45, 7) is -0.127. The van der Waals surface area contributed by atoms with Crippen LogP contribution in [-0.4, -0.2) is 12.2 Å². The predicted molar refractivity (Wildman–Crippen MR) is 75.9 cm³/mol. The molecule has 0 radical (unpaired) electrons. The first-order valence-corrected chi connectivity index (χ1v) is 6.61. The number of rotatable bonds is 5. The van der Waals surface area contributed by atoms with Crippen LogP contribution in [0.4, 0.5) is 0 Å². The van der Waals surface area contributed by atoms with Crippen molar-refractivity contribution in [3.63, 3.8) is 0 Å². The third-order valence-electron chi connectivity index (χ3n) is 2.64. The Labute approximate surface area is 123 Å². The van der Waals surface area contributed by atoms with Crippen molar-refractivity contribution in [3.05, 3.63) is 56.5 Å². The SMILES string of the molecule is COc1ccc(Br)c(COc2coc(CO)cc2=O)c1. The highest BCUT2D eigenvalue weighted by Crippen LogP contribution is 2.23. The highest BCUT2D eigenvalue weighted by molar-refractivity contribution is 9.10. The van der Waals surface area contributed by atoms with Crippen LogP contribution in [0.15, 0.2) is 44.2 Å². The normalized spacial score (nSPS) is 10.3. The number of aliphatic hydroxyl groups excluding tert-OH is 1. The van der Waals surface area contributed by atoms with E-state index in [-0.39, 0.29) is 30.2 Å². The molecule has 5 nitrogen and oxygen atoms in total. The van der Waals surface area contributed by atoms with Gasteiger partial charge >= 0.3 is 0 Å². The van der Waals surface area contributed by atoms with Gasteiger partial charge in [-0.2, -0.15) is 0 Å². The monoisotopic (exact) mass is 340 g/mol. The molecule has 6 heteroatoms. The van der Waals surface area contributed by atoms with Gasteiger partial charge in [-0.25, -0.2) is 0 Å². The third-order valence-corrected chi connectivity index (χ3v) is 3.42. The number of ether oxygens (including phenoxy) is 2. The molecule has 2 rings (SSSR count). The van der Waals surface area contributed by atoms with Crippen LogP contribution in [0.25, 0.3) is 0 Å². The van der Waals surface area contributed by atoms with Gasteiger partial charge in [-0.15, -0.1) is 0 Å².